The number of carbonyl (C=O) groups excluding carboxylic acids is 3. The first kappa shape index (κ1) is 21.1. The normalized spacial score (nSPS) is 19.7. The number of para-hydroxylation sites is 2. The smallest absolute Gasteiger partial charge is 0.253 e. The highest BCUT2D eigenvalue weighted by molar-refractivity contribution is 6.05. The summed E-state index contributed by atoms with van der Waals surface area (Å²) in [5.74, 6) is -0.0187. The molecule has 2 atom stereocenters. The molecule has 2 aromatic carbocycles. The molecule has 2 N–H and O–H groups in total. The summed E-state index contributed by atoms with van der Waals surface area (Å²) in [7, 11) is 0. The van der Waals surface area contributed by atoms with Crippen molar-refractivity contribution in [3.63, 3.8) is 0 Å². The molecule has 3 aromatic rings. The lowest BCUT2D eigenvalue weighted by molar-refractivity contribution is -0.124. The summed E-state index contributed by atoms with van der Waals surface area (Å²) in [5, 5.41) is 5.54. The van der Waals surface area contributed by atoms with Crippen LogP contribution >= 0.6 is 0 Å². The molecule has 0 spiro atoms. The second-order valence-corrected chi connectivity index (χ2v) is 8.38. The van der Waals surface area contributed by atoms with E-state index in [-0.39, 0.29) is 30.2 Å². The number of carbonyl (C=O) groups is 3. The van der Waals surface area contributed by atoms with Gasteiger partial charge in [-0.3, -0.25) is 23.9 Å². The largest absolute Gasteiger partial charge is 0.376 e. The molecule has 170 valence electrons. The molecule has 9 heteroatoms. The van der Waals surface area contributed by atoms with E-state index in [0.717, 1.165) is 23.9 Å². The number of hydrogen-bond acceptors (Lipinski definition) is 5. The van der Waals surface area contributed by atoms with Gasteiger partial charge < -0.3 is 15.4 Å². The lowest BCUT2D eigenvalue weighted by Gasteiger charge is -2.19. The fourth-order valence-corrected chi connectivity index (χ4v) is 4.49. The molecule has 2 aliphatic heterocycles. The predicted octanol–water partition coefficient (Wildman–Crippen LogP) is 3.09. The number of rotatable bonds is 6. The van der Waals surface area contributed by atoms with E-state index >= 15 is 0 Å². The van der Waals surface area contributed by atoms with Crippen LogP contribution in [0.2, 0.25) is 0 Å². The van der Waals surface area contributed by atoms with E-state index in [1.54, 1.807) is 29.2 Å². The molecule has 3 amide bonds. The van der Waals surface area contributed by atoms with Crippen LogP contribution in [0.15, 0.2) is 48.5 Å². The summed E-state index contributed by atoms with van der Waals surface area (Å²) in [6.07, 6.45) is 1.86. The molecule has 1 saturated heterocycles. The van der Waals surface area contributed by atoms with E-state index in [4.69, 9.17) is 4.74 Å². The van der Waals surface area contributed by atoms with Gasteiger partial charge >= 0.3 is 0 Å². The molecule has 0 aliphatic carbocycles. The van der Waals surface area contributed by atoms with Crippen LogP contribution in [-0.2, 0) is 19.1 Å². The Kier molecular flexibility index (Phi) is 5.55. The Hall–Kier alpha value is -3.72. The van der Waals surface area contributed by atoms with Gasteiger partial charge in [0.15, 0.2) is 0 Å². The summed E-state index contributed by atoms with van der Waals surface area (Å²) in [6.45, 7) is 2.57. The molecule has 1 aromatic heterocycles. The third-order valence-electron chi connectivity index (χ3n) is 5.96. The van der Waals surface area contributed by atoms with Crippen LogP contribution in [0.3, 0.4) is 0 Å². The fourth-order valence-electron chi connectivity index (χ4n) is 4.49. The second kappa shape index (κ2) is 8.67. The van der Waals surface area contributed by atoms with Gasteiger partial charge in [0.2, 0.25) is 17.8 Å². The first-order valence-corrected chi connectivity index (χ1v) is 11.1. The summed E-state index contributed by atoms with van der Waals surface area (Å²) >= 11 is 0. The van der Waals surface area contributed by atoms with Crippen molar-refractivity contribution in [2.24, 2.45) is 0 Å². The molecule has 3 heterocycles. The van der Waals surface area contributed by atoms with Crippen molar-refractivity contribution >= 4 is 46.1 Å². The molecule has 2 aliphatic rings. The van der Waals surface area contributed by atoms with Gasteiger partial charge in [0, 0.05) is 24.9 Å². The number of fused-ring (bicyclic) bond motifs is 3. The molecular weight excluding hydrogens is 422 g/mol. The molecule has 5 rings (SSSR count). The molecule has 9 nitrogen and oxygen atoms in total. The Morgan fingerprint density at radius 3 is 2.52 bits per heavy atom. The van der Waals surface area contributed by atoms with Crippen LogP contribution in [0.1, 0.15) is 32.2 Å². The number of ether oxygens (including phenoxy) is 1. The molecular formula is C24H25N5O4. The summed E-state index contributed by atoms with van der Waals surface area (Å²) in [5.41, 5.74) is 2.85. The van der Waals surface area contributed by atoms with E-state index in [2.05, 4.69) is 15.6 Å². The Balaban J connectivity index is 1.36. The van der Waals surface area contributed by atoms with Gasteiger partial charge in [-0.15, -0.1) is 0 Å². The van der Waals surface area contributed by atoms with Crippen LogP contribution in [0, 0.1) is 0 Å². The summed E-state index contributed by atoms with van der Waals surface area (Å²) in [4.78, 5) is 43.8. The highest BCUT2D eigenvalue weighted by atomic mass is 16.5. The minimum Gasteiger partial charge on any atom is -0.376 e. The fraction of sp³-hybridized carbons (Fsp3) is 0.333. The maximum absolute atomic E-state index is 13.4. The van der Waals surface area contributed by atoms with Gasteiger partial charge in [0.25, 0.3) is 5.91 Å². The lowest BCUT2D eigenvalue weighted by Crippen LogP contribution is -2.37. The van der Waals surface area contributed by atoms with Crippen molar-refractivity contribution in [3.8, 4) is 0 Å². The number of benzene rings is 2. The zero-order chi connectivity index (χ0) is 22.9. The van der Waals surface area contributed by atoms with Crippen molar-refractivity contribution in [3.05, 3.63) is 48.5 Å². The van der Waals surface area contributed by atoms with Gasteiger partial charge in [0.05, 0.1) is 30.1 Å². The number of anilines is 3. The Morgan fingerprint density at radius 1 is 1.09 bits per heavy atom. The number of nitrogens with one attached hydrogen (secondary N) is 2. The van der Waals surface area contributed by atoms with Crippen molar-refractivity contribution in [1.82, 2.24) is 9.55 Å². The summed E-state index contributed by atoms with van der Waals surface area (Å²) < 4.78 is 7.61. The third kappa shape index (κ3) is 4.19. The quantitative estimate of drug-likeness (QED) is 0.604. The number of nitrogens with zero attached hydrogens (tertiary/aromatic N) is 3. The number of imidazole rings is 1. The van der Waals surface area contributed by atoms with Gasteiger partial charge in [0.1, 0.15) is 6.04 Å². The molecule has 0 unspecified atom stereocenters. The first-order valence-electron chi connectivity index (χ1n) is 11.1. The molecule has 0 bridgehead atoms. The SMILES string of the molecule is CC(=O)Nc1ccc(NC(=O)C[C@H]2C(=O)N(C[C@H]3CCCO3)c3nc4ccccc4n32)cc1. The minimum absolute atomic E-state index is 0.0122. The van der Waals surface area contributed by atoms with Crippen molar-refractivity contribution in [1.29, 1.82) is 0 Å². The van der Waals surface area contributed by atoms with E-state index in [1.165, 1.54) is 6.92 Å². The molecule has 33 heavy (non-hydrogen) atoms. The minimum atomic E-state index is -0.674. The topological polar surface area (TPSA) is 106 Å². The average molecular weight is 447 g/mol. The molecule has 1 fully saturated rings. The predicted molar refractivity (Wildman–Crippen MR) is 124 cm³/mol. The molecule has 0 radical (unpaired) electrons. The Labute approximate surface area is 190 Å². The number of hydrogen-bond donors (Lipinski definition) is 2. The van der Waals surface area contributed by atoms with Crippen molar-refractivity contribution in [2.45, 2.75) is 38.3 Å². The van der Waals surface area contributed by atoms with E-state index in [0.29, 0.717) is 30.5 Å². The zero-order valence-electron chi connectivity index (χ0n) is 18.3. The highest BCUT2D eigenvalue weighted by Gasteiger charge is 2.42. The monoisotopic (exact) mass is 447 g/mol. The van der Waals surface area contributed by atoms with Crippen LogP contribution in [0.25, 0.3) is 11.0 Å². The Morgan fingerprint density at radius 2 is 1.82 bits per heavy atom. The highest BCUT2D eigenvalue weighted by Crippen LogP contribution is 2.37. The van der Waals surface area contributed by atoms with Gasteiger partial charge in [-0.1, -0.05) is 12.1 Å². The standard InChI is InChI=1S/C24H25N5O4/c1-15(30)25-16-8-10-17(11-9-16)26-22(31)13-21-23(32)28(14-18-5-4-12-33-18)24-27-19-6-2-3-7-20(19)29(21)24/h2-3,6-11,18,21H,4-5,12-14H2,1H3,(H,25,30)(H,26,31)/t18-,21+/m1/s1. The van der Waals surface area contributed by atoms with Crippen LogP contribution < -0.4 is 15.5 Å². The van der Waals surface area contributed by atoms with E-state index in [9.17, 15) is 14.4 Å². The van der Waals surface area contributed by atoms with Crippen LogP contribution in [0.4, 0.5) is 17.3 Å². The lowest BCUT2D eigenvalue weighted by atomic mass is 10.1. The first-order chi connectivity index (χ1) is 16.0. The zero-order valence-corrected chi connectivity index (χ0v) is 18.3. The molecule has 0 saturated carbocycles. The third-order valence-corrected chi connectivity index (χ3v) is 5.96. The number of amides is 3. The van der Waals surface area contributed by atoms with Crippen molar-refractivity contribution < 1.29 is 19.1 Å². The van der Waals surface area contributed by atoms with Crippen LogP contribution in [-0.4, -0.2) is 46.5 Å². The maximum Gasteiger partial charge on any atom is 0.253 e. The summed E-state index contributed by atoms with van der Waals surface area (Å²) in [6, 6.07) is 13.8. The van der Waals surface area contributed by atoms with Gasteiger partial charge in [-0.05, 0) is 49.2 Å². The van der Waals surface area contributed by atoms with E-state index < -0.39 is 6.04 Å². The van der Waals surface area contributed by atoms with Gasteiger partial charge in [-0.25, -0.2) is 4.98 Å². The van der Waals surface area contributed by atoms with Crippen LogP contribution in [0.5, 0.6) is 0 Å². The van der Waals surface area contributed by atoms with Gasteiger partial charge in [-0.2, -0.15) is 0 Å². The second-order valence-electron chi connectivity index (χ2n) is 8.38. The Bertz CT molecular complexity index is 1210. The van der Waals surface area contributed by atoms with E-state index in [1.807, 2.05) is 28.8 Å². The number of aromatic nitrogens is 2. The van der Waals surface area contributed by atoms with Crippen molar-refractivity contribution in [2.75, 3.05) is 28.7 Å². The average Bonchev–Trinajstić information content (AvgIpc) is 3.49. The maximum atomic E-state index is 13.4.